The summed E-state index contributed by atoms with van der Waals surface area (Å²) in [5.41, 5.74) is 4.64. The molecule has 0 saturated carbocycles. The number of benzene rings is 2. The van der Waals surface area contributed by atoms with E-state index in [0.717, 1.165) is 11.3 Å². The topological polar surface area (TPSA) is 128 Å². The Morgan fingerprint density at radius 2 is 1.79 bits per heavy atom. The molecular formula is C22H16ClN7O3S. The fraction of sp³-hybridized carbons (Fsp3) is 0.0455. The number of amides is 1. The minimum Gasteiger partial charge on any atom is -0.272 e. The summed E-state index contributed by atoms with van der Waals surface area (Å²) in [5.74, 6) is 0.294. The van der Waals surface area contributed by atoms with Gasteiger partial charge >= 0.3 is 0 Å². The summed E-state index contributed by atoms with van der Waals surface area (Å²) in [6.45, 7) is 0. The van der Waals surface area contributed by atoms with Crippen molar-refractivity contribution in [2.75, 3.05) is 5.75 Å². The molecule has 4 aromatic rings. The number of nitro benzene ring substituents is 1. The third-order valence-electron chi connectivity index (χ3n) is 4.50. The quantitative estimate of drug-likeness (QED) is 0.169. The van der Waals surface area contributed by atoms with E-state index in [0.29, 0.717) is 21.6 Å². The van der Waals surface area contributed by atoms with E-state index in [1.165, 1.54) is 42.2 Å². The SMILES string of the molecule is O=C(CSc1nnc(-c2ccncc2)n1-c1ccc(Cl)cc1)N/N=C/c1ccc([N+](=O)[O-])cc1. The van der Waals surface area contributed by atoms with Crippen LogP contribution in [0.4, 0.5) is 5.69 Å². The molecule has 0 atom stereocenters. The summed E-state index contributed by atoms with van der Waals surface area (Å²) in [5, 5.41) is 24.3. The molecule has 12 heteroatoms. The van der Waals surface area contributed by atoms with E-state index < -0.39 is 4.92 Å². The van der Waals surface area contributed by atoms with E-state index in [4.69, 9.17) is 11.6 Å². The highest BCUT2D eigenvalue weighted by atomic mass is 35.5. The van der Waals surface area contributed by atoms with Crippen LogP contribution in [0.2, 0.25) is 5.02 Å². The normalized spacial score (nSPS) is 11.0. The van der Waals surface area contributed by atoms with Crippen molar-refractivity contribution in [1.29, 1.82) is 0 Å². The minimum absolute atomic E-state index is 0.0199. The monoisotopic (exact) mass is 493 g/mol. The second-order valence-corrected chi connectivity index (χ2v) is 8.16. The lowest BCUT2D eigenvalue weighted by molar-refractivity contribution is -0.384. The first kappa shape index (κ1) is 23.1. The first-order chi connectivity index (χ1) is 16.5. The average Bonchev–Trinajstić information content (AvgIpc) is 3.28. The molecule has 34 heavy (non-hydrogen) atoms. The van der Waals surface area contributed by atoms with Crippen LogP contribution in [-0.2, 0) is 4.79 Å². The summed E-state index contributed by atoms with van der Waals surface area (Å²) < 4.78 is 1.84. The molecule has 0 spiro atoms. The minimum atomic E-state index is -0.483. The Labute approximate surface area is 202 Å². The standard InChI is InChI=1S/C22H16ClN7O3S/c23-17-3-7-18(8-4-17)29-21(16-9-11-24-12-10-16)27-28-22(29)34-14-20(31)26-25-13-15-1-5-19(6-2-15)30(32)33/h1-13H,14H2,(H,26,31)/b25-13+. The molecular weight excluding hydrogens is 478 g/mol. The predicted octanol–water partition coefficient (Wildman–Crippen LogP) is 4.13. The molecule has 0 aliphatic heterocycles. The van der Waals surface area contributed by atoms with Gasteiger partial charge in [0.2, 0.25) is 0 Å². The maximum Gasteiger partial charge on any atom is 0.269 e. The molecule has 0 unspecified atom stereocenters. The largest absolute Gasteiger partial charge is 0.272 e. The number of nitro groups is 1. The van der Waals surface area contributed by atoms with E-state index in [9.17, 15) is 14.9 Å². The molecule has 0 aliphatic carbocycles. The van der Waals surface area contributed by atoms with Crippen LogP contribution in [0, 0.1) is 10.1 Å². The molecule has 1 amide bonds. The van der Waals surface area contributed by atoms with Crippen molar-refractivity contribution in [2.45, 2.75) is 5.16 Å². The summed E-state index contributed by atoms with van der Waals surface area (Å²) in [6, 6.07) is 16.7. The van der Waals surface area contributed by atoms with Gasteiger partial charge in [-0.15, -0.1) is 10.2 Å². The fourth-order valence-corrected chi connectivity index (χ4v) is 3.77. The van der Waals surface area contributed by atoms with Crippen LogP contribution in [-0.4, -0.2) is 42.5 Å². The molecule has 0 fully saturated rings. The van der Waals surface area contributed by atoms with Crippen LogP contribution in [0.15, 0.2) is 83.3 Å². The third kappa shape index (κ3) is 5.63. The van der Waals surface area contributed by atoms with Crippen molar-refractivity contribution in [3.05, 3.63) is 93.8 Å². The number of nitrogens with zero attached hydrogens (tertiary/aromatic N) is 6. The van der Waals surface area contributed by atoms with Crippen LogP contribution < -0.4 is 5.43 Å². The van der Waals surface area contributed by atoms with Crippen molar-refractivity contribution in [1.82, 2.24) is 25.2 Å². The molecule has 2 aromatic carbocycles. The predicted molar refractivity (Wildman–Crippen MR) is 129 cm³/mol. The second kappa shape index (κ2) is 10.7. The summed E-state index contributed by atoms with van der Waals surface area (Å²) in [4.78, 5) is 26.6. The lowest BCUT2D eigenvalue weighted by Gasteiger charge is -2.10. The van der Waals surface area contributed by atoms with Gasteiger partial charge in [-0.3, -0.25) is 24.5 Å². The second-order valence-electron chi connectivity index (χ2n) is 6.78. The van der Waals surface area contributed by atoms with Gasteiger partial charge in [-0.05, 0) is 54.1 Å². The number of hydrogen-bond acceptors (Lipinski definition) is 8. The van der Waals surface area contributed by atoms with Gasteiger partial charge in [0.25, 0.3) is 11.6 Å². The molecule has 2 aromatic heterocycles. The van der Waals surface area contributed by atoms with Crippen LogP contribution >= 0.6 is 23.4 Å². The van der Waals surface area contributed by atoms with Gasteiger partial charge in [-0.2, -0.15) is 5.10 Å². The Morgan fingerprint density at radius 3 is 2.47 bits per heavy atom. The van der Waals surface area contributed by atoms with Crippen LogP contribution in [0.25, 0.3) is 17.1 Å². The average molecular weight is 494 g/mol. The highest BCUT2D eigenvalue weighted by Gasteiger charge is 2.17. The van der Waals surface area contributed by atoms with Crippen molar-refractivity contribution in [3.63, 3.8) is 0 Å². The van der Waals surface area contributed by atoms with Crippen LogP contribution in [0.1, 0.15) is 5.56 Å². The Hall–Kier alpha value is -4.09. The van der Waals surface area contributed by atoms with Gasteiger partial charge in [0.05, 0.1) is 16.9 Å². The van der Waals surface area contributed by atoms with E-state index in [1.807, 2.05) is 28.8 Å². The Balaban J connectivity index is 1.46. The maximum absolute atomic E-state index is 12.3. The Morgan fingerprint density at radius 1 is 1.09 bits per heavy atom. The van der Waals surface area contributed by atoms with Crippen molar-refractivity contribution in [3.8, 4) is 17.1 Å². The number of aromatic nitrogens is 4. The number of nitrogens with one attached hydrogen (secondary N) is 1. The first-order valence-electron chi connectivity index (χ1n) is 9.82. The first-order valence-corrected chi connectivity index (χ1v) is 11.2. The number of thioether (sulfide) groups is 1. The zero-order valence-corrected chi connectivity index (χ0v) is 19.0. The lowest BCUT2D eigenvalue weighted by Crippen LogP contribution is -2.20. The maximum atomic E-state index is 12.3. The molecule has 0 aliphatic rings. The molecule has 170 valence electrons. The number of pyridine rings is 1. The van der Waals surface area contributed by atoms with E-state index in [1.54, 1.807) is 24.5 Å². The van der Waals surface area contributed by atoms with E-state index >= 15 is 0 Å². The summed E-state index contributed by atoms with van der Waals surface area (Å²) in [6.07, 6.45) is 4.74. The number of rotatable bonds is 8. The van der Waals surface area contributed by atoms with Gasteiger partial charge in [-0.1, -0.05) is 23.4 Å². The van der Waals surface area contributed by atoms with Crippen LogP contribution in [0.5, 0.6) is 0 Å². The van der Waals surface area contributed by atoms with Crippen molar-refractivity contribution < 1.29 is 9.72 Å². The molecule has 4 rings (SSSR count). The molecule has 0 bridgehead atoms. The van der Waals surface area contributed by atoms with Crippen molar-refractivity contribution in [2.24, 2.45) is 5.10 Å². The van der Waals surface area contributed by atoms with Crippen molar-refractivity contribution >= 4 is 41.2 Å². The van der Waals surface area contributed by atoms with Gasteiger partial charge < -0.3 is 0 Å². The molecule has 0 radical (unpaired) electrons. The highest BCUT2D eigenvalue weighted by Crippen LogP contribution is 2.28. The zero-order chi connectivity index (χ0) is 23.9. The Bertz CT molecular complexity index is 1330. The number of carbonyl (C=O) groups excluding carboxylic acids is 1. The molecule has 10 nitrogen and oxygen atoms in total. The van der Waals surface area contributed by atoms with E-state index in [-0.39, 0.29) is 17.3 Å². The smallest absolute Gasteiger partial charge is 0.269 e. The van der Waals surface area contributed by atoms with Gasteiger partial charge in [0, 0.05) is 40.8 Å². The fourth-order valence-electron chi connectivity index (χ4n) is 2.90. The summed E-state index contributed by atoms with van der Waals surface area (Å²) >= 11 is 7.24. The highest BCUT2D eigenvalue weighted by molar-refractivity contribution is 7.99. The third-order valence-corrected chi connectivity index (χ3v) is 5.68. The number of hydrogen-bond donors (Lipinski definition) is 1. The van der Waals surface area contributed by atoms with Gasteiger partial charge in [0.1, 0.15) is 0 Å². The number of hydrazone groups is 1. The zero-order valence-electron chi connectivity index (χ0n) is 17.4. The lowest BCUT2D eigenvalue weighted by atomic mass is 10.2. The number of carbonyl (C=O) groups is 1. The van der Waals surface area contributed by atoms with E-state index in [2.05, 4.69) is 25.7 Å². The molecule has 1 N–H and O–H groups in total. The molecule has 2 heterocycles. The van der Waals surface area contributed by atoms with Gasteiger partial charge in [-0.25, -0.2) is 5.43 Å². The molecule has 0 saturated heterocycles. The number of halogens is 1. The van der Waals surface area contributed by atoms with Crippen LogP contribution in [0.3, 0.4) is 0 Å². The summed E-state index contributed by atoms with van der Waals surface area (Å²) in [7, 11) is 0. The van der Waals surface area contributed by atoms with Gasteiger partial charge in [0.15, 0.2) is 11.0 Å². The number of non-ortho nitro benzene ring substituents is 1. The Kier molecular flexibility index (Phi) is 7.25.